The zero-order valence-electron chi connectivity index (χ0n) is 13.3. The van der Waals surface area contributed by atoms with E-state index in [0.717, 1.165) is 22.9 Å². The van der Waals surface area contributed by atoms with Crippen LogP contribution in [0.25, 0.3) is 10.9 Å². The summed E-state index contributed by atoms with van der Waals surface area (Å²) in [5.74, 6) is 0.330. The van der Waals surface area contributed by atoms with Gasteiger partial charge in [0.2, 0.25) is 5.88 Å². The van der Waals surface area contributed by atoms with E-state index in [9.17, 15) is 8.42 Å². The lowest BCUT2D eigenvalue weighted by molar-refractivity contribution is 0.269. The van der Waals surface area contributed by atoms with Crippen molar-refractivity contribution in [3.8, 4) is 5.88 Å². The Labute approximate surface area is 139 Å². The highest BCUT2D eigenvalue weighted by Gasteiger charge is 2.17. The summed E-state index contributed by atoms with van der Waals surface area (Å²) in [6, 6.07) is 9.64. The van der Waals surface area contributed by atoms with Crippen LogP contribution in [0.2, 0.25) is 0 Å². The van der Waals surface area contributed by atoms with Crippen molar-refractivity contribution in [2.45, 2.75) is 20.1 Å². The van der Waals surface area contributed by atoms with Gasteiger partial charge in [-0.1, -0.05) is 30.3 Å². The van der Waals surface area contributed by atoms with Crippen LogP contribution in [0.5, 0.6) is 5.88 Å². The van der Waals surface area contributed by atoms with Crippen LogP contribution in [0.3, 0.4) is 0 Å². The maximum atomic E-state index is 11.3. The summed E-state index contributed by atoms with van der Waals surface area (Å²) in [6.07, 6.45) is 2.64. The van der Waals surface area contributed by atoms with Crippen LogP contribution in [-0.2, 0) is 27.5 Å². The third kappa shape index (κ3) is 3.72. The van der Waals surface area contributed by atoms with Crippen LogP contribution in [0.1, 0.15) is 16.8 Å². The number of ether oxygens (including phenoxy) is 1. The van der Waals surface area contributed by atoms with Crippen molar-refractivity contribution >= 4 is 21.0 Å². The average molecular weight is 347 g/mol. The van der Waals surface area contributed by atoms with E-state index in [-0.39, 0.29) is 6.61 Å². The van der Waals surface area contributed by atoms with Gasteiger partial charge in [-0.05, 0) is 12.5 Å². The van der Waals surface area contributed by atoms with Crippen molar-refractivity contribution in [1.82, 2.24) is 15.2 Å². The van der Waals surface area contributed by atoms with E-state index in [1.807, 2.05) is 37.3 Å². The molecule has 0 fully saturated rings. The normalized spacial score (nSPS) is 11.8. The van der Waals surface area contributed by atoms with Crippen LogP contribution in [0.4, 0.5) is 0 Å². The molecular formula is C16H17N3O4S. The standard InChI is InChI=1S/C16H17N3O4S/c1-11-13-8-17-19-15(13)14(10-23-24(2,20)21)16(18-11)22-9-12-6-4-3-5-7-12/h3-8H,9-10H2,1-2H3,(H,17,19). The molecule has 0 bridgehead atoms. The number of nitrogens with one attached hydrogen (secondary N) is 1. The van der Waals surface area contributed by atoms with Crippen molar-refractivity contribution < 1.29 is 17.3 Å². The number of nitrogens with zero attached hydrogens (tertiary/aromatic N) is 2. The molecule has 0 saturated carbocycles. The second-order valence-electron chi connectivity index (χ2n) is 5.38. The number of fused-ring (bicyclic) bond motifs is 1. The third-order valence-corrected chi connectivity index (χ3v) is 4.04. The Morgan fingerprint density at radius 1 is 1.17 bits per heavy atom. The number of hydrogen-bond donors (Lipinski definition) is 1. The molecule has 0 aliphatic carbocycles. The number of benzene rings is 1. The molecule has 0 atom stereocenters. The molecule has 0 spiro atoms. The van der Waals surface area contributed by atoms with Gasteiger partial charge < -0.3 is 4.74 Å². The minimum Gasteiger partial charge on any atom is -0.472 e. The molecule has 7 nitrogen and oxygen atoms in total. The summed E-state index contributed by atoms with van der Waals surface area (Å²) in [7, 11) is -3.59. The Hall–Kier alpha value is -2.45. The molecule has 0 amide bonds. The van der Waals surface area contributed by atoms with Crippen molar-refractivity contribution in [3.63, 3.8) is 0 Å². The highest BCUT2D eigenvalue weighted by atomic mass is 32.2. The molecule has 1 aromatic carbocycles. The van der Waals surface area contributed by atoms with Gasteiger partial charge >= 0.3 is 0 Å². The molecule has 0 saturated heterocycles. The molecule has 0 radical (unpaired) electrons. The molecular weight excluding hydrogens is 330 g/mol. The zero-order chi connectivity index (χ0) is 17.2. The van der Waals surface area contributed by atoms with E-state index in [0.29, 0.717) is 23.6 Å². The van der Waals surface area contributed by atoms with Gasteiger partial charge in [0.1, 0.15) is 6.61 Å². The molecule has 3 rings (SSSR count). The van der Waals surface area contributed by atoms with Crippen LogP contribution in [0, 0.1) is 6.92 Å². The van der Waals surface area contributed by atoms with Crippen LogP contribution < -0.4 is 4.74 Å². The maximum Gasteiger partial charge on any atom is 0.264 e. The van der Waals surface area contributed by atoms with E-state index in [2.05, 4.69) is 15.2 Å². The predicted octanol–water partition coefficient (Wildman–Crippen LogP) is 2.32. The molecule has 3 aromatic rings. The summed E-state index contributed by atoms with van der Waals surface area (Å²) in [5.41, 5.74) is 2.91. The number of rotatable bonds is 6. The van der Waals surface area contributed by atoms with Crippen LogP contribution >= 0.6 is 0 Å². The van der Waals surface area contributed by atoms with Gasteiger partial charge in [-0.2, -0.15) is 13.5 Å². The number of H-pyrrole nitrogens is 1. The smallest absolute Gasteiger partial charge is 0.264 e. The quantitative estimate of drug-likeness (QED) is 0.688. The lowest BCUT2D eigenvalue weighted by atomic mass is 10.1. The highest BCUT2D eigenvalue weighted by molar-refractivity contribution is 7.85. The number of aryl methyl sites for hydroxylation is 1. The lowest BCUT2D eigenvalue weighted by Gasteiger charge is -2.12. The first-order chi connectivity index (χ1) is 11.4. The van der Waals surface area contributed by atoms with E-state index in [1.54, 1.807) is 6.20 Å². The Bertz CT molecular complexity index is 952. The van der Waals surface area contributed by atoms with Gasteiger partial charge in [0, 0.05) is 5.39 Å². The molecule has 8 heteroatoms. The summed E-state index contributed by atoms with van der Waals surface area (Å²) >= 11 is 0. The van der Waals surface area contributed by atoms with E-state index in [4.69, 9.17) is 8.92 Å². The minimum atomic E-state index is -3.59. The van der Waals surface area contributed by atoms with E-state index >= 15 is 0 Å². The summed E-state index contributed by atoms with van der Waals surface area (Å²) in [4.78, 5) is 4.43. The molecule has 24 heavy (non-hydrogen) atoms. The average Bonchev–Trinajstić information content (AvgIpc) is 3.02. The Kier molecular flexibility index (Phi) is 4.50. The van der Waals surface area contributed by atoms with Crippen molar-refractivity contribution in [1.29, 1.82) is 0 Å². The van der Waals surface area contributed by atoms with E-state index in [1.165, 1.54) is 0 Å². The van der Waals surface area contributed by atoms with Gasteiger partial charge in [0.05, 0.1) is 35.8 Å². The summed E-state index contributed by atoms with van der Waals surface area (Å²) in [6.45, 7) is 1.99. The van der Waals surface area contributed by atoms with E-state index < -0.39 is 10.1 Å². The zero-order valence-corrected chi connectivity index (χ0v) is 14.1. The summed E-state index contributed by atoms with van der Waals surface area (Å²) in [5, 5.41) is 7.66. The first-order valence-electron chi connectivity index (χ1n) is 7.28. The van der Waals surface area contributed by atoms with Crippen LogP contribution in [-0.4, -0.2) is 29.9 Å². The minimum absolute atomic E-state index is 0.172. The maximum absolute atomic E-state index is 11.3. The molecule has 1 N–H and O–H groups in total. The number of aromatic nitrogens is 3. The van der Waals surface area contributed by atoms with Crippen molar-refractivity contribution in [3.05, 3.63) is 53.3 Å². The number of pyridine rings is 1. The van der Waals surface area contributed by atoms with Gasteiger partial charge in [-0.15, -0.1) is 0 Å². The topological polar surface area (TPSA) is 94.2 Å². The fraction of sp³-hybridized carbons (Fsp3) is 0.250. The van der Waals surface area contributed by atoms with Gasteiger partial charge in [-0.3, -0.25) is 9.28 Å². The SMILES string of the molecule is Cc1nc(OCc2ccccc2)c(COS(C)(=O)=O)c2[nH]ncc12. The lowest BCUT2D eigenvalue weighted by Crippen LogP contribution is -2.07. The molecule has 2 aromatic heterocycles. The van der Waals surface area contributed by atoms with Gasteiger partial charge in [0.25, 0.3) is 10.1 Å². The second-order valence-corrected chi connectivity index (χ2v) is 7.02. The van der Waals surface area contributed by atoms with Crippen LogP contribution in [0.15, 0.2) is 36.5 Å². The second kappa shape index (κ2) is 6.58. The molecule has 2 heterocycles. The van der Waals surface area contributed by atoms with Crippen molar-refractivity contribution in [2.24, 2.45) is 0 Å². The summed E-state index contributed by atoms with van der Waals surface area (Å²) < 4.78 is 33.4. The first-order valence-corrected chi connectivity index (χ1v) is 9.09. The fourth-order valence-corrected chi connectivity index (χ4v) is 2.65. The molecule has 0 aliphatic heterocycles. The molecule has 0 aliphatic rings. The first kappa shape index (κ1) is 16.4. The van der Waals surface area contributed by atoms with Gasteiger partial charge in [0.15, 0.2) is 0 Å². The van der Waals surface area contributed by atoms with Crippen molar-refractivity contribution in [2.75, 3.05) is 6.26 Å². The largest absolute Gasteiger partial charge is 0.472 e. The Balaban J connectivity index is 1.95. The fourth-order valence-electron chi connectivity index (χ4n) is 2.32. The number of aromatic amines is 1. The Morgan fingerprint density at radius 2 is 1.92 bits per heavy atom. The highest BCUT2D eigenvalue weighted by Crippen LogP contribution is 2.28. The Morgan fingerprint density at radius 3 is 2.62 bits per heavy atom. The monoisotopic (exact) mass is 347 g/mol. The third-order valence-electron chi connectivity index (χ3n) is 3.49. The number of hydrogen-bond acceptors (Lipinski definition) is 6. The molecule has 126 valence electrons. The van der Waals surface area contributed by atoms with Gasteiger partial charge in [-0.25, -0.2) is 4.98 Å². The molecule has 0 unspecified atom stereocenters. The predicted molar refractivity (Wildman–Crippen MR) is 89.0 cm³/mol.